The van der Waals surface area contributed by atoms with E-state index < -0.39 is 24.2 Å². The topological polar surface area (TPSA) is 184 Å². The van der Waals surface area contributed by atoms with Crippen LogP contribution in [-0.4, -0.2) is 116 Å². The molecule has 3 aromatic heterocycles. The molecule has 0 radical (unpaired) electrons. The summed E-state index contributed by atoms with van der Waals surface area (Å²) >= 11 is 6.50. The van der Waals surface area contributed by atoms with Crippen LogP contribution >= 0.6 is 11.6 Å². The van der Waals surface area contributed by atoms with E-state index in [0.29, 0.717) is 31.6 Å². The normalized spacial score (nSPS) is 16.1. The van der Waals surface area contributed by atoms with Crippen LogP contribution in [0.15, 0.2) is 48.9 Å². The van der Waals surface area contributed by atoms with Gasteiger partial charge in [0.15, 0.2) is 17.3 Å². The average Bonchev–Trinajstić information content (AvgIpc) is 3.73. The van der Waals surface area contributed by atoms with Gasteiger partial charge in [-0.25, -0.2) is 14.6 Å². The van der Waals surface area contributed by atoms with E-state index in [1.54, 1.807) is 4.90 Å². The van der Waals surface area contributed by atoms with Gasteiger partial charge in [-0.2, -0.15) is 18.3 Å². The number of halogens is 4. The molecule has 2 fully saturated rings. The lowest BCUT2D eigenvalue weighted by molar-refractivity contribution is -0.894. The number of nitrogen functional groups attached to an aromatic ring is 1. The number of piperidine rings is 1. The predicted octanol–water partition coefficient (Wildman–Crippen LogP) is 2.31. The average molecular weight is 759 g/mol. The first-order valence-electron chi connectivity index (χ1n) is 16.5. The number of carbonyl (C=O) groups excluding carboxylic acids is 4. The maximum absolute atomic E-state index is 14.0. The smallest absolute Gasteiger partial charge is 0.435 e. The Labute approximate surface area is 307 Å². The molecule has 0 bridgehead atoms. The van der Waals surface area contributed by atoms with Crippen molar-refractivity contribution in [3.63, 3.8) is 0 Å². The van der Waals surface area contributed by atoms with Gasteiger partial charge in [0.05, 0.1) is 80.2 Å². The lowest BCUT2D eigenvalue weighted by Gasteiger charge is -2.41. The van der Waals surface area contributed by atoms with E-state index >= 15 is 0 Å². The zero-order chi connectivity index (χ0) is 38.7. The van der Waals surface area contributed by atoms with Gasteiger partial charge in [0, 0.05) is 44.4 Å². The maximum atomic E-state index is 14.0. The highest BCUT2D eigenvalue weighted by molar-refractivity contribution is 6.34. The van der Waals surface area contributed by atoms with E-state index in [4.69, 9.17) is 27.2 Å². The predicted molar refractivity (Wildman–Crippen MR) is 185 cm³/mol. The Morgan fingerprint density at radius 1 is 1.02 bits per heavy atom. The van der Waals surface area contributed by atoms with Crippen molar-refractivity contribution in [2.75, 3.05) is 64.4 Å². The summed E-state index contributed by atoms with van der Waals surface area (Å²) in [6.45, 7) is 3.65. The van der Waals surface area contributed by atoms with Crippen LogP contribution < -0.4 is 16.2 Å². The number of carbonyl (C=O) groups is 4. The number of likely N-dealkylation sites (tertiary alicyclic amines) is 1. The Morgan fingerprint density at radius 3 is 2.26 bits per heavy atom. The molecule has 2 aliphatic rings. The van der Waals surface area contributed by atoms with Crippen molar-refractivity contribution in [1.82, 2.24) is 34.1 Å². The van der Waals surface area contributed by atoms with Gasteiger partial charge >= 0.3 is 6.18 Å². The van der Waals surface area contributed by atoms with Crippen molar-refractivity contribution in [2.45, 2.75) is 19.0 Å². The molecule has 6 rings (SSSR count). The highest BCUT2D eigenvalue weighted by atomic mass is 35.5. The second kappa shape index (κ2) is 15.6. The molecule has 1 aromatic carbocycles. The molecule has 53 heavy (non-hydrogen) atoms. The second-order valence-corrected chi connectivity index (χ2v) is 13.7. The van der Waals surface area contributed by atoms with Crippen LogP contribution in [0.25, 0.3) is 17.1 Å². The van der Waals surface area contributed by atoms with Crippen molar-refractivity contribution in [3.8, 4) is 17.1 Å². The van der Waals surface area contributed by atoms with E-state index in [9.17, 15) is 27.6 Å². The summed E-state index contributed by atoms with van der Waals surface area (Å²) in [6, 6.07) is 7.36. The van der Waals surface area contributed by atoms with Crippen LogP contribution in [0.5, 0.6) is 0 Å². The Balaban J connectivity index is 0.00000175. The summed E-state index contributed by atoms with van der Waals surface area (Å²) in [6.07, 6.45) is -0.0618. The highest BCUT2D eigenvalue weighted by Gasteiger charge is 2.39. The van der Waals surface area contributed by atoms with Crippen molar-refractivity contribution >= 4 is 47.2 Å². The van der Waals surface area contributed by atoms with E-state index in [-0.39, 0.29) is 56.9 Å². The molecule has 0 saturated carbocycles. The van der Waals surface area contributed by atoms with Gasteiger partial charge in [0.1, 0.15) is 0 Å². The summed E-state index contributed by atoms with van der Waals surface area (Å²) in [5.74, 6) is -1.01. The number of anilines is 2. The van der Waals surface area contributed by atoms with E-state index in [0.717, 1.165) is 47.7 Å². The number of nitrogens with zero attached hydrogens (tertiary/aromatic N) is 8. The van der Waals surface area contributed by atoms with E-state index in [2.05, 4.69) is 34.5 Å². The van der Waals surface area contributed by atoms with Gasteiger partial charge in [-0.3, -0.25) is 14.4 Å². The number of carboxylic acid groups (broad SMARTS) is 1. The number of amides is 3. The van der Waals surface area contributed by atoms with E-state index in [1.807, 2.05) is 4.90 Å². The first kappa shape index (κ1) is 38.7. The zero-order valence-electron chi connectivity index (χ0n) is 29.1. The minimum atomic E-state index is -4.81. The number of piperazine rings is 1. The third-order valence-corrected chi connectivity index (χ3v) is 9.62. The summed E-state index contributed by atoms with van der Waals surface area (Å²) in [4.78, 5) is 59.7. The van der Waals surface area contributed by atoms with Crippen LogP contribution in [0.1, 0.15) is 39.5 Å². The molecular weight excluding hydrogens is 721 g/mol. The largest absolute Gasteiger partial charge is 0.554 e. The molecule has 0 aliphatic carbocycles. The van der Waals surface area contributed by atoms with Crippen LogP contribution in [0.3, 0.4) is 0 Å². The first-order valence-corrected chi connectivity index (χ1v) is 16.9. The first-order chi connectivity index (χ1) is 25.0. The fraction of sp³-hybridized carbons (Fsp3) is 0.382. The molecule has 5 heterocycles. The summed E-state index contributed by atoms with van der Waals surface area (Å²) in [7, 11) is 5.73. The van der Waals surface area contributed by atoms with Crippen molar-refractivity contribution in [2.24, 2.45) is 13.0 Å². The molecule has 282 valence electrons. The standard InChI is InChI=1S/C33H36ClF3N10O3.CH2O2/c1-43-26(24-19-46(42-28(24)33(35,36)37)27-7-4-21(38)17-39-27)18-40-29(43)30(48)41-22-5-6-23(25(34)16-22)32(50)44-10-8-20(9-11-44)31(49)45-12-14-47(2,3)15-13-45;2-1-3/h4-7,16-20H,8-15,38H2,1-3H3;1H,(H,2,3). The zero-order valence-corrected chi connectivity index (χ0v) is 29.9. The lowest BCUT2D eigenvalue weighted by atomic mass is 9.94. The number of nitrogens with two attached hydrogens (primary N) is 1. The Hall–Kier alpha value is -5.49. The van der Waals surface area contributed by atoms with Gasteiger partial charge in [0.25, 0.3) is 11.8 Å². The Morgan fingerprint density at radius 2 is 1.68 bits per heavy atom. The number of hydrogen-bond acceptors (Lipinski definition) is 9. The number of quaternary nitrogens is 1. The maximum Gasteiger partial charge on any atom is 0.435 e. The van der Waals surface area contributed by atoms with Crippen molar-refractivity contribution < 1.29 is 41.9 Å². The summed E-state index contributed by atoms with van der Waals surface area (Å²) in [5, 5.41) is 14.7. The van der Waals surface area contributed by atoms with Crippen LogP contribution in [0, 0.1) is 5.92 Å². The highest BCUT2D eigenvalue weighted by Crippen LogP contribution is 2.37. The summed E-state index contributed by atoms with van der Waals surface area (Å²) in [5.41, 5.74) is 4.99. The van der Waals surface area contributed by atoms with Gasteiger partial charge in [-0.1, -0.05) is 11.6 Å². The number of nitrogens with one attached hydrogen (secondary N) is 1. The quantitative estimate of drug-likeness (QED) is 0.220. The molecule has 4 aromatic rings. The number of benzene rings is 1. The SMILES string of the molecule is Cn1c(-c2cn(-c3ccc(N)cn3)nc2C(F)(F)F)cnc1C(=O)Nc1ccc(C(=O)N2CCC(C(=O)N3CC[N+](C)(C)CC3)CC2)c(Cl)c1.O=C[O-]. The van der Waals surface area contributed by atoms with Crippen LogP contribution in [0.4, 0.5) is 24.5 Å². The number of hydrogen-bond donors (Lipinski definition) is 2. The van der Waals surface area contributed by atoms with Crippen LogP contribution in [0.2, 0.25) is 5.02 Å². The number of aromatic nitrogens is 5. The van der Waals surface area contributed by atoms with Gasteiger partial charge in [-0.05, 0) is 43.2 Å². The second-order valence-electron chi connectivity index (χ2n) is 13.3. The Kier molecular flexibility index (Phi) is 11.4. The molecule has 0 atom stereocenters. The molecule has 15 nitrogen and oxygen atoms in total. The minimum Gasteiger partial charge on any atom is -0.554 e. The molecule has 0 spiro atoms. The third-order valence-electron chi connectivity index (χ3n) is 9.31. The van der Waals surface area contributed by atoms with Gasteiger partial charge in [-0.15, -0.1) is 0 Å². The molecule has 2 saturated heterocycles. The fourth-order valence-corrected chi connectivity index (χ4v) is 6.49. The fourth-order valence-electron chi connectivity index (χ4n) is 6.23. The molecule has 19 heteroatoms. The Bertz CT molecular complexity index is 1980. The number of pyridine rings is 1. The molecule has 3 N–H and O–H groups in total. The van der Waals surface area contributed by atoms with Gasteiger partial charge < -0.3 is 39.8 Å². The molecule has 2 aliphatic heterocycles. The number of imidazole rings is 1. The minimum absolute atomic E-state index is 0.00672. The van der Waals surface area contributed by atoms with Gasteiger partial charge in [0.2, 0.25) is 5.91 Å². The third kappa shape index (κ3) is 8.77. The van der Waals surface area contributed by atoms with Crippen molar-refractivity contribution in [1.29, 1.82) is 0 Å². The van der Waals surface area contributed by atoms with Crippen LogP contribution in [-0.2, 0) is 22.8 Å². The van der Waals surface area contributed by atoms with Crippen molar-refractivity contribution in [3.05, 3.63) is 71.0 Å². The molecule has 3 amide bonds. The lowest BCUT2D eigenvalue weighted by Crippen LogP contribution is -2.57. The molecule has 0 unspecified atom stereocenters. The molecular formula is C34H38ClF3N10O5. The monoisotopic (exact) mass is 758 g/mol. The number of alkyl halides is 3. The summed E-state index contributed by atoms with van der Waals surface area (Å²) < 4.78 is 45.2. The van der Waals surface area contributed by atoms with E-state index in [1.165, 1.54) is 48.1 Å². The number of likely N-dealkylation sites (N-methyl/N-ethyl adjacent to an activating group) is 1. The number of rotatable bonds is 6.